The molecule has 12 heteroatoms. The van der Waals surface area contributed by atoms with Crippen LogP contribution >= 0.6 is 81.2 Å². The molecule has 0 spiro atoms. The molecule has 158 valence electrons. The molecule has 0 aromatic rings. The van der Waals surface area contributed by atoms with Crippen LogP contribution in [0.25, 0.3) is 0 Å². The van der Waals surface area contributed by atoms with Gasteiger partial charge in [-0.15, -0.1) is 23.2 Å². The van der Waals surface area contributed by atoms with Crippen LogP contribution in [0.5, 0.6) is 0 Å². The zero-order valence-corrected chi connectivity index (χ0v) is 19.8. The van der Waals surface area contributed by atoms with Gasteiger partial charge in [-0.2, -0.15) is 5.06 Å². The van der Waals surface area contributed by atoms with E-state index < -0.39 is 61.8 Å². The van der Waals surface area contributed by atoms with Gasteiger partial charge in [-0.3, -0.25) is 14.4 Å². The van der Waals surface area contributed by atoms with Crippen molar-refractivity contribution in [2.75, 3.05) is 6.61 Å². The molecular weight excluding hydrogens is 530 g/mol. The highest BCUT2D eigenvalue weighted by molar-refractivity contribution is 6.65. The van der Waals surface area contributed by atoms with Crippen molar-refractivity contribution in [2.24, 2.45) is 23.7 Å². The molecule has 5 rings (SSSR count). The van der Waals surface area contributed by atoms with Crippen molar-refractivity contribution in [3.05, 3.63) is 21.2 Å². The summed E-state index contributed by atoms with van der Waals surface area (Å²) in [5.41, 5.74) is 0. The van der Waals surface area contributed by atoms with Crippen molar-refractivity contribution in [2.45, 2.75) is 33.2 Å². The summed E-state index contributed by atoms with van der Waals surface area (Å²) in [5.74, 6) is -3.81. The minimum absolute atomic E-state index is 0.0279. The Bertz CT molecular complexity index is 859. The smallest absolute Gasteiger partial charge is 0.260 e. The fourth-order valence-electron chi connectivity index (χ4n) is 5.62. The van der Waals surface area contributed by atoms with Crippen LogP contribution in [0.3, 0.4) is 0 Å². The van der Waals surface area contributed by atoms with Crippen molar-refractivity contribution >= 4 is 93.0 Å². The number of carbonyl (C=O) groups is 2. The van der Waals surface area contributed by atoms with Gasteiger partial charge in [0.1, 0.15) is 9.75 Å². The van der Waals surface area contributed by atoms with Crippen LogP contribution in [0.4, 0.5) is 0 Å². The van der Waals surface area contributed by atoms with E-state index >= 15 is 0 Å². The van der Waals surface area contributed by atoms with Crippen LogP contribution in [-0.4, -0.2) is 49.8 Å². The fraction of sp³-hybridized carbons (Fsp3) is 0.647. The third kappa shape index (κ3) is 2.16. The number of halogens is 7. The number of nitrogens with zero attached hydrogens (tertiary/aromatic N) is 1. The predicted octanol–water partition coefficient (Wildman–Crippen LogP) is 4.52. The van der Waals surface area contributed by atoms with Gasteiger partial charge in [-0.05, 0) is 13.0 Å². The Hall–Kier alpha value is 0.570. The van der Waals surface area contributed by atoms with Gasteiger partial charge in [0, 0.05) is 16.9 Å². The Kier molecular flexibility index (Phi) is 4.68. The van der Waals surface area contributed by atoms with Gasteiger partial charge in [-0.1, -0.05) is 58.0 Å². The van der Waals surface area contributed by atoms with E-state index in [-0.39, 0.29) is 16.7 Å². The van der Waals surface area contributed by atoms with Crippen LogP contribution in [0, 0.1) is 23.7 Å². The molecule has 3 saturated heterocycles. The summed E-state index contributed by atoms with van der Waals surface area (Å²) in [4.78, 5) is 28.2. The van der Waals surface area contributed by atoms with E-state index in [2.05, 4.69) is 0 Å². The number of amides is 2. The monoisotopic (exact) mass is 539 g/mol. The van der Waals surface area contributed by atoms with Crippen molar-refractivity contribution < 1.29 is 19.2 Å². The normalized spacial score (nSPS) is 49.5. The lowest BCUT2D eigenvalue weighted by Gasteiger charge is -2.39. The number of hydroxylamine groups is 2. The third-order valence-electron chi connectivity index (χ3n) is 6.71. The second-order valence-corrected chi connectivity index (χ2v) is 11.7. The molecule has 2 amide bonds. The molecule has 0 N–H and O–H groups in total. The quantitative estimate of drug-likeness (QED) is 0.389. The minimum atomic E-state index is -1.74. The number of carbonyl (C=O) groups excluding carboxylic acids is 2. The highest BCUT2D eigenvalue weighted by atomic mass is 35.5. The maximum absolute atomic E-state index is 13.0. The Morgan fingerprint density at radius 3 is 1.90 bits per heavy atom. The molecule has 1 saturated carbocycles. The zero-order valence-electron chi connectivity index (χ0n) is 14.5. The van der Waals surface area contributed by atoms with Crippen molar-refractivity contribution in [3.63, 3.8) is 0 Å². The minimum Gasteiger partial charge on any atom is -0.373 e. The van der Waals surface area contributed by atoms with E-state index in [1.54, 1.807) is 6.92 Å². The molecule has 5 aliphatic rings. The molecule has 3 aliphatic heterocycles. The number of ether oxygens (including phenoxy) is 1. The summed E-state index contributed by atoms with van der Waals surface area (Å²) >= 11 is 45.6. The maximum atomic E-state index is 13.0. The van der Waals surface area contributed by atoms with Crippen molar-refractivity contribution in [3.8, 4) is 0 Å². The molecule has 4 fully saturated rings. The largest absolute Gasteiger partial charge is 0.373 e. The first-order valence-corrected chi connectivity index (χ1v) is 11.4. The predicted molar refractivity (Wildman–Crippen MR) is 110 cm³/mol. The number of hydrogen-bond acceptors (Lipinski definition) is 4. The number of allylic oxidation sites excluding steroid dienone is 3. The number of rotatable bonds is 3. The van der Waals surface area contributed by atoms with Gasteiger partial charge < -0.3 is 4.74 Å². The zero-order chi connectivity index (χ0) is 21.3. The van der Waals surface area contributed by atoms with E-state index in [1.807, 2.05) is 0 Å². The van der Waals surface area contributed by atoms with Gasteiger partial charge in [0.25, 0.3) is 11.8 Å². The van der Waals surface area contributed by atoms with Crippen LogP contribution in [-0.2, 0) is 19.2 Å². The van der Waals surface area contributed by atoms with Crippen LogP contribution < -0.4 is 0 Å². The Balaban J connectivity index is 1.54. The number of hydrogen-bond donors (Lipinski definition) is 0. The average Bonchev–Trinajstić information content (AvgIpc) is 3.33. The molecule has 8 atom stereocenters. The lowest BCUT2D eigenvalue weighted by molar-refractivity contribution is -0.189. The topological polar surface area (TPSA) is 55.8 Å². The Morgan fingerprint density at radius 2 is 1.48 bits per heavy atom. The van der Waals surface area contributed by atoms with Gasteiger partial charge >= 0.3 is 0 Å². The summed E-state index contributed by atoms with van der Waals surface area (Å²) in [7, 11) is 0. The molecule has 0 radical (unpaired) electrons. The third-order valence-corrected chi connectivity index (χ3v) is 11.2. The molecule has 2 aliphatic carbocycles. The van der Waals surface area contributed by atoms with Gasteiger partial charge in [-0.25, -0.2) is 0 Å². The molecular formula is C17H12Cl7NO4. The highest BCUT2D eigenvalue weighted by Gasteiger charge is 2.90. The number of alkyl halides is 4. The summed E-state index contributed by atoms with van der Waals surface area (Å²) in [5, 5.41) is 1.33. The summed E-state index contributed by atoms with van der Waals surface area (Å²) < 4.78 is 4.31. The summed E-state index contributed by atoms with van der Waals surface area (Å²) in [6.45, 7) is 1.63. The van der Waals surface area contributed by atoms with E-state index in [4.69, 9.17) is 90.8 Å². The second-order valence-electron chi connectivity index (χ2n) is 7.85. The average molecular weight is 542 g/mol. The maximum Gasteiger partial charge on any atom is 0.260 e. The van der Waals surface area contributed by atoms with Crippen LogP contribution in [0.15, 0.2) is 21.2 Å². The molecule has 4 bridgehead atoms. The van der Waals surface area contributed by atoms with Crippen molar-refractivity contribution in [1.82, 2.24) is 5.06 Å². The van der Waals surface area contributed by atoms with Crippen molar-refractivity contribution in [1.29, 1.82) is 0 Å². The molecule has 5 nitrogen and oxygen atoms in total. The van der Waals surface area contributed by atoms with Gasteiger partial charge in [0.15, 0.2) is 4.33 Å². The Labute approximate surface area is 201 Å². The van der Waals surface area contributed by atoms with Gasteiger partial charge in [0.2, 0.25) is 0 Å². The lowest BCUT2D eigenvalue weighted by Crippen LogP contribution is -2.50. The SMILES string of the molecule is C/C(Cl)=C\CON1C(=O)[C@@H]2[C@H]3O[C@@H]([C@@H]2C1=O)[C@H]1[C@H]3[C@@]2(Cl)C(Cl)=C(Cl)[C@@]1(Cl)C2(Cl)Cl. The Morgan fingerprint density at radius 1 is 1.03 bits per heavy atom. The molecule has 0 unspecified atom stereocenters. The number of fused-ring (bicyclic) bond motifs is 12. The lowest BCUT2D eigenvalue weighted by atomic mass is 9.65. The first-order valence-electron chi connectivity index (χ1n) is 8.72. The van der Waals surface area contributed by atoms with Gasteiger partial charge in [0.05, 0.1) is 40.7 Å². The molecule has 0 aromatic carbocycles. The van der Waals surface area contributed by atoms with E-state index in [0.717, 1.165) is 5.06 Å². The molecule has 3 heterocycles. The fourth-order valence-corrected chi connectivity index (χ4v) is 8.75. The second kappa shape index (κ2) is 6.33. The molecule has 29 heavy (non-hydrogen) atoms. The van der Waals surface area contributed by atoms with E-state index in [1.165, 1.54) is 6.08 Å². The van der Waals surface area contributed by atoms with Crippen LogP contribution in [0.2, 0.25) is 0 Å². The van der Waals surface area contributed by atoms with E-state index in [0.29, 0.717) is 5.03 Å². The standard InChI is InChI=1S/C17H12Cl7NO4/c1-4(18)2-3-28-25-13(26)5-6(14(25)27)10-8-7(9(5)29-10)15(21)11(19)12(20)16(8,22)17(15,23)24/h2,5-10H,3H2,1H3/b4-2+/t5-,6+,7-,8-,9+,10-,15-,16-/m1/s1. The number of imide groups is 1. The highest BCUT2D eigenvalue weighted by Crippen LogP contribution is 2.81. The first-order chi connectivity index (χ1) is 13.4. The van der Waals surface area contributed by atoms with Crippen LogP contribution in [0.1, 0.15) is 6.92 Å². The first kappa shape index (κ1) is 21.4. The van der Waals surface area contributed by atoms with E-state index in [9.17, 15) is 9.59 Å². The molecule has 0 aromatic heterocycles. The summed E-state index contributed by atoms with van der Waals surface area (Å²) in [6.07, 6.45) is 0.0362. The summed E-state index contributed by atoms with van der Waals surface area (Å²) in [6, 6.07) is 0.